The average Bonchev–Trinajstić information content (AvgIpc) is 3.48. The van der Waals surface area contributed by atoms with E-state index in [9.17, 15) is 17.6 Å². The number of rotatable bonds is 4. The summed E-state index contributed by atoms with van der Waals surface area (Å²) in [5, 5.41) is 1.01. The number of fused-ring (bicyclic) bond motifs is 1. The van der Waals surface area contributed by atoms with Crippen molar-refractivity contribution in [1.82, 2.24) is 23.7 Å². The molecule has 0 saturated carbocycles. The Morgan fingerprint density at radius 1 is 1.12 bits per heavy atom. The molecule has 2 aliphatic heterocycles. The average molecular weight is 473 g/mol. The number of imidazole rings is 1. The van der Waals surface area contributed by atoms with E-state index in [0.717, 1.165) is 11.1 Å². The number of aryl methyl sites for hydroxylation is 1. The lowest BCUT2D eigenvalue weighted by Crippen LogP contribution is -2.50. The summed E-state index contributed by atoms with van der Waals surface area (Å²) in [5.41, 5.74) is 1.58. The lowest BCUT2D eigenvalue weighted by molar-refractivity contribution is -0.135. The summed E-state index contributed by atoms with van der Waals surface area (Å²) in [6.07, 6.45) is 4.97. The maximum absolute atomic E-state index is 13.6. The molecule has 0 radical (unpaired) electrons. The highest BCUT2D eigenvalue weighted by atomic mass is 32.2. The van der Waals surface area contributed by atoms with Gasteiger partial charge in [0.2, 0.25) is 5.91 Å². The lowest BCUT2D eigenvalue weighted by atomic mass is 10.1. The Kier molecular flexibility index (Phi) is 5.53. The molecule has 3 aromatic rings. The summed E-state index contributed by atoms with van der Waals surface area (Å²) in [6, 6.07) is 6.50. The van der Waals surface area contributed by atoms with E-state index in [1.54, 1.807) is 19.3 Å². The second-order valence-electron chi connectivity index (χ2n) is 8.50. The third kappa shape index (κ3) is 3.95. The number of benzene rings is 1. The van der Waals surface area contributed by atoms with Crippen molar-refractivity contribution >= 4 is 32.5 Å². The highest BCUT2D eigenvalue weighted by molar-refractivity contribution is 7.89. The van der Waals surface area contributed by atoms with Crippen molar-refractivity contribution in [2.45, 2.75) is 11.4 Å². The summed E-state index contributed by atoms with van der Waals surface area (Å²) >= 11 is 0. The monoisotopic (exact) mass is 472 g/mol. The number of nitrogens with zero attached hydrogens (tertiary/aromatic N) is 6. The topological polar surface area (TPSA) is 91.6 Å². The minimum atomic E-state index is -3.67. The molecule has 11 heteroatoms. The SMILES string of the molecule is Cn1cncc1S(=O)(=O)N1CCC(C(=O)N2CCN(c3ccnc4cc(F)ccc34)CC2)C1. The first-order chi connectivity index (χ1) is 15.8. The van der Waals surface area contributed by atoms with Gasteiger partial charge in [0.1, 0.15) is 5.82 Å². The smallest absolute Gasteiger partial charge is 0.260 e. The molecule has 4 heterocycles. The van der Waals surface area contributed by atoms with Crippen molar-refractivity contribution in [3.63, 3.8) is 0 Å². The van der Waals surface area contributed by atoms with Crippen LogP contribution in [-0.2, 0) is 21.9 Å². The van der Waals surface area contributed by atoms with Crippen molar-refractivity contribution < 1.29 is 17.6 Å². The van der Waals surface area contributed by atoms with Crippen LogP contribution in [0, 0.1) is 11.7 Å². The Bertz CT molecular complexity index is 1300. The molecule has 9 nitrogen and oxygen atoms in total. The second kappa shape index (κ2) is 8.38. The van der Waals surface area contributed by atoms with Gasteiger partial charge in [-0.1, -0.05) is 0 Å². The molecule has 0 spiro atoms. The number of sulfonamides is 1. The van der Waals surface area contributed by atoms with Crippen LogP contribution in [0.2, 0.25) is 0 Å². The largest absolute Gasteiger partial charge is 0.367 e. The van der Waals surface area contributed by atoms with Crippen LogP contribution in [0.5, 0.6) is 0 Å². The van der Waals surface area contributed by atoms with Gasteiger partial charge in [-0.2, -0.15) is 4.31 Å². The van der Waals surface area contributed by atoms with Crippen LogP contribution in [-0.4, -0.2) is 77.3 Å². The zero-order valence-corrected chi connectivity index (χ0v) is 19.1. The molecule has 33 heavy (non-hydrogen) atoms. The molecule has 0 N–H and O–H groups in total. The molecule has 1 amide bonds. The molecule has 2 saturated heterocycles. The van der Waals surface area contributed by atoms with E-state index < -0.39 is 10.0 Å². The van der Waals surface area contributed by atoms with Crippen molar-refractivity contribution in [1.29, 1.82) is 0 Å². The summed E-state index contributed by atoms with van der Waals surface area (Å²) < 4.78 is 42.2. The maximum atomic E-state index is 13.6. The van der Waals surface area contributed by atoms with Gasteiger partial charge >= 0.3 is 0 Å². The van der Waals surface area contributed by atoms with E-state index in [0.29, 0.717) is 44.7 Å². The number of carbonyl (C=O) groups excluding carboxylic acids is 1. The Morgan fingerprint density at radius 2 is 1.91 bits per heavy atom. The predicted octanol–water partition coefficient (Wildman–Crippen LogP) is 1.47. The molecule has 2 aliphatic rings. The molecular formula is C22H25FN6O3S. The van der Waals surface area contributed by atoms with Gasteiger partial charge in [-0.15, -0.1) is 0 Å². The third-order valence-corrected chi connectivity index (χ3v) is 8.42. The number of hydrogen-bond acceptors (Lipinski definition) is 6. The summed E-state index contributed by atoms with van der Waals surface area (Å²) in [4.78, 5) is 25.3. The second-order valence-corrected chi connectivity index (χ2v) is 10.4. The fourth-order valence-corrected chi connectivity index (χ4v) is 6.27. The number of halogens is 1. The first-order valence-electron chi connectivity index (χ1n) is 10.9. The fraction of sp³-hybridized carbons (Fsp3) is 0.409. The van der Waals surface area contributed by atoms with Gasteiger partial charge in [0.05, 0.1) is 24.0 Å². The highest BCUT2D eigenvalue weighted by Gasteiger charge is 2.39. The highest BCUT2D eigenvalue weighted by Crippen LogP contribution is 2.29. The minimum absolute atomic E-state index is 0.000913. The predicted molar refractivity (Wildman–Crippen MR) is 121 cm³/mol. The molecule has 2 aromatic heterocycles. The third-order valence-electron chi connectivity index (χ3n) is 6.49. The van der Waals surface area contributed by atoms with Crippen LogP contribution < -0.4 is 4.90 Å². The molecule has 5 rings (SSSR count). The zero-order valence-electron chi connectivity index (χ0n) is 18.3. The molecule has 1 atom stereocenters. The first kappa shape index (κ1) is 21.8. The lowest BCUT2D eigenvalue weighted by Gasteiger charge is -2.37. The van der Waals surface area contributed by atoms with Gasteiger partial charge < -0.3 is 14.4 Å². The number of hydrogen-bond donors (Lipinski definition) is 0. The Hall–Kier alpha value is -3.05. The van der Waals surface area contributed by atoms with Crippen molar-refractivity contribution in [2.75, 3.05) is 44.2 Å². The maximum Gasteiger partial charge on any atom is 0.260 e. The minimum Gasteiger partial charge on any atom is -0.367 e. The number of piperazine rings is 1. The van der Waals surface area contributed by atoms with E-state index in [1.807, 2.05) is 11.0 Å². The summed E-state index contributed by atoms with van der Waals surface area (Å²) in [7, 11) is -2.03. The summed E-state index contributed by atoms with van der Waals surface area (Å²) in [5.74, 6) is -0.665. The molecule has 2 fully saturated rings. The van der Waals surface area contributed by atoms with Crippen LogP contribution >= 0.6 is 0 Å². The van der Waals surface area contributed by atoms with Crippen LogP contribution in [0.15, 0.2) is 48.0 Å². The normalized spacial score (nSPS) is 20.0. The van der Waals surface area contributed by atoms with Gasteiger partial charge in [-0.25, -0.2) is 17.8 Å². The van der Waals surface area contributed by atoms with Gasteiger partial charge in [0, 0.05) is 69.7 Å². The van der Waals surface area contributed by atoms with Crippen LogP contribution in [0.4, 0.5) is 10.1 Å². The number of pyridine rings is 1. The van der Waals surface area contributed by atoms with E-state index in [-0.39, 0.29) is 29.2 Å². The first-order valence-corrected chi connectivity index (χ1v) is 12.3. The quantitative estimate of drug-likeness (QED) is 0.571. The molecule has 0 aliphatic carbocycles. The Balaban J connectivity index is 1.23. The molecule has 1 unspecified atom stereocenters. The van der Waals surface area contributed by atoms with Gasteiger partial charge in [0.25, 0.3) is 10.0 Å². The Morgan fingerprint density at radius 3 is 2.64 bits per heavy atom. The van der Waals surface area contributed by atoms with Crippen molar-refractivity contribution in [3.8, 4) is 0 Å². The molecule has 174 valence electrons. The number of aromatic nitrogens is 3. The summed E-state index contributed by atoms with van der Waals surface area (Å²) in [6.45, 7) is 2.90. The number of amides is 1. The molecule has 1 aromatic carbocycles. The van der Waals surface area contributed by atoms with Crippen LogP contribution in [0.1, 0.15) is 6.42 Å². The molecule has 0 bridgehead atoms. The number of anilines is 1. The zero-order chi connectivity index (χ0) is 23.2. The van der Waals surface area contributed by atoms with Gasteiger partial charge in [0.15, 0.2) is 5.03 Å². The van der Waals surface area contributed by atoms with Crippen LogP contribution in [0.25, 0.3) is 10.9 Å². The molecular weight excluding hydrogens is 447 g/mol. The van der Waals surface area contributed by atoms with Gasteiger partial charge in [-0.05, 0) is 24.6 Å². The standard InChI is InChI=1S/C22H25FN6O3S/c1-26-15-24-13-21(26)33(31,32)29-7-5-16(14-29)22(30)28-10-8-27(9-11-28)20-4-6-25-19-12-17(23)2-3-18(19)20/h2-4,6,12-13,15-16H,5,7-11,14H2,1H3. The van der Waals surface area contributed by atoms with Crippen LogP contribution in [0.3, 0.4) is 0 Å². The van der Waals surface area contributed by atoms with Crippen molar-refractivity contribution in [3.05, 3.63) is 48.8 Å². The van der Waals surface area contributed by atoms with E-state index in [2.05, 4.69) is 14.9 Å². The van der Waals surface area contributed by atoms with E-state index in [4.69, 9.17) is 0 Å². The van der Waals surface area contributed by atoms with Gasteiger partial charge in [-0.3, -0.25) is 9.78 Å². The van der Waals surface area contributed by atoms with Crippen molar-refractivity contribution in [2.24, 2.45) is 13.0 Å². The van der Waals surface area contributed by atoms with E-state index >= 15 is 0 Å². The number of carbonyl (C=O) groups is 1. The fourth-order valence-electron chi connectivity index (χ4n) is 4.68. The van der Waals surface area contributed by atoms with E-state index in [1.165, 1.54) is 33.5 Å². The Labute approximate surface area is 191 Å².